The highest BCUT2D eigenvalue weighted by Gasteiger charge is 2.21. The molecule has 10 aromatic carbocycles. The molecule has 0 spiro atoms. The highest BCUT2D eigenvalue weighted by atomic mass is 32.1. The molecule has 0 aliphatic rings. The number of aromatic nitrogens is 1. The van der Waals surface area contributed by atoms with Crippen LogP contribution >= 0.6 is 11.3 Å². The Labute approximate surface area is 346 Å². The Balaban J connectivity index is 1.05. The van der Waals surface area contributed by atoms with Gasteiger partial charge in [0.05, 0.1) is 22.4 Å². The summed E-state index contributed by atoms with van der Waals surface area (Å²) >= 11 is 1.86. The maximum Gasteiger partial charge on any atom is 0.0541 e. The van der Waals surface area contributed by atoms with Crippen LogP contribution in [0, 0.1) is 0 Å². The fourth-order valence-electron chi connectivity index (χ4n) is 9.24. The van der Waals surface area contributed by atoms with Crippen molar-refractivity contribution in [2.24, 2.45) is 0 Å². The molecule has 0 bridgehead atoms. The van der Waals surface area contributed by atoms with Gasteiger partial charge < -0.3 is 9.47 Å². The summed E-state index contributed by atoms with van der Waals surface area (Å²) in [5.41, 5.74) is 11.8. The number of para-hydroxylation sites is 3. The van der Waals surface area contributed by atoms with Gasteiger partial charge in [-0.1, -0.05) is 158 Å². The van der Waals surface area contributed by atoms with E-state index in [0.29, 0.717) is 0 Å². The average molecular weight is 769 g/mol. The second-order valence-corrected chi connectivity index (χ2v) is 16.4. The summed E-state index contributed by atoms with van der Waals surface area (Å²) in [7, 11) is 0. The van der Waals surface area contributed by atoms with Crippen molar-refractivity contribution < 1.29 is 0 Å². The van der Waals surface area contributed by atoms with E-state index in [1.54, 1.807) is 0 Å². The number of hydrogen-bond donors (Lipinski definition) is 0. The van der Waals surface area contributed by atoms with Gasteiger partial charge in [-0.15, -0.1) is 11.3 Å². The fourth-order valence-corrected chi connectivity index (χ4v) is 10.4. The monoisotopic (exact) mass is 768 g/mol. The maximum atomic E-state index is 2.44. The van der Waals surface area contributed by atoms with Crippen LogP contribution in [0.25, 0.3) is 91.5 Å². The molecule has 0 atom stereocenters. The molecule has 2 heterocycles. The van der Waals surface area contributed by atoms with E-state index in [4.69, 9.17) is 0 Å². The zero-order valence-corrected chi connectivity index (χ0v) is 32.9. The van der Waals surface area contributed by atoms with Crippen molar-refractivity contribution in [3.05, 3.63) is 218 Å². The Morgan fingerprint density at radius 3 is 1.73 bits per heavy atom. The first kappa shape index (κ1) is 33.7. The third-order valence-electron chi connectivity index (χ3n) is 12.0. The molecule has 59 heavy (non-hydrogen) atoms. The first-order valence-electron chi connectivity index (χ1n) is 20.2. The smallest absolute Gasteiger partial charge is 0.0541 e. The number of nitrogens with zero attached hydrogens (tertiary/aromatic N) is 2. The average Bonchev–Trinajstić information content (AvgIpc) is 3.85. The first-order chi connectivity index (χ1) is 29.3. The van der Waals surface area contributed by atoms with E-state index >= 15 is 0 Å². The second kappa shape index (κ2) is 13.6. The van der Waals surface area contributed by atoms with Crippen LogP contribution in [0.15, 0.2) is 218 Å². The van der Waals surface area contributed by atoms with Crippen LogP contribution in [0.4, 0.5) is 17.1 Å². The fraction of sp³-hybridized carbons (Fsp3) is 0. The lowest BCUT2D eigenvalue weighted by molar-refractivity contribution is 1.18. The zero-order valence-electron chi connectivity index (χ0n) is 32.1. The number of rotatable bonds is 6. The van der Waals surface area contributed by atoms with E-state index in [-0.39, 0.29) is 0 Å². The van der Waals surface area contributed by atoms with E-state index in [1.807, 2.05) is 11.3 Å². The van der Waals surface area contributed by atoms with Crippen molar-refractivity contribution in [3.63, 3.8) is 0 Å². The van der Waals surface area contributed by atoms with Gasteiger partial charge in [-0.2, -0.15) is 0 Å². The number of thiophene rings is 1. The topological polar surface area (TPSA) is 8.17 Å². The third kappa shape index (κ3) is 5.47. The van der Waals surface area contributed by atoms with Crippen LogP contribution in [-0.4, -0.2) is 4.57 Å². The Hall–Kier alpha value is -7.46. The molecule has 0 N–H and O–H groups in total. The van der Waals surface area contributed by atoms with Crippen molar-refractivity contribution in [1.29, 1.82) is 0 Å². The molecule has 276 valence electrons. The van der Waals surface area contributed by atoms with E-state index in [0.717, 1.165) is 17.1 Å². The standard InChI is InChI=1S/C56H36N2S/c1-2-14-39-35-40(26-25-37(39)13-1)38-27-29-41(30-28-38)57(42-31-32-50-49-20-8-12-24-55(49)59-56(50)36-42)54-34-33-44(43-15-3-4-16-45(43)54)46-17-5-9-21-51(46)58-52-22-10-6-18-47(52)48-19-7-11-23-53(48)58/h1-36H. The number of benzene rings is 10. The summed E-state index contributed by atoms with van der Waals surface area (Å²) in [5, 5.41) is 10.0. The molecule has 12 aromatic rings. The lowest BCUT2D eigenvalue weighted by Gasteiger charge is -2.28. The molecule has 0 radical (unpaired) electrons. The lowest BCUT2D eigenvalue weighted by atomic mass is 9.95. The zero-order chi connectivity index (χ0) is 38.9. The molecule has 0 aliphatic heterocycles. The van der Waals surface area contributed by atoms with E-state index in [9.17, 15) is 0 Å². The maximum absolute atomic E-state index is 2.44. The quantitative estimate of drug-likeness (QED) is 0.164. The molecular weight excluding hydrogens is 733 g/mol. The van der Waals surface area contributed by atoms with Gasteiger partial charge in [0, 0.05) is 53.3 Å². The molecule has 0 aliphatic carbocycles. The van der Waals surface area contributed by atoms with Crippen LogP contribution in [0.1, 0.15) is 0 Å². The number of hydrogen-bond acceptors (Lipinski definition) is 2. The Kier molecular flexibility index (Phi) is 7.75. The Morgan fingerprint density at radius 2 is 0.932 bits per heavy atom. The van der Waals surface area contributed by atoms with Crippen molar-refractivity contribution in [1.82, 2.24) is 4.57 Å². The molecule has 2 aromatic heterocycles. The predicted octanol–water partition coefficient (Wildman–Crippen LogP) is 16.3. The lowest BCUT2D eigenvalue weighted by Crippen LogP contribution is -2.10. The Morgan fingerprint density at radius 1 is 0.339 bits per heavy atom. The van der Waals surface area contributed by atoms with Crippen molar-refractivity contribution in [2.75, 3.05) is 4.90 Å². The SMILES string of the molecule is c1ccc(-n2c3ccccc3c3ccccc32)c(-c2ccc(N(c3ccc(-c4ccc5ccccc5c4)cc3)c3ccc4c(c3)sc3ccccc34)c3ccccc23)c1. The van der Waals surface area contributed by atoms with Crippen LogP contribution in [0.5, 0.6) is 0 Å². The molecule has 12 rings (SSSR count). The van der Waals surface area contributed by atoms with Gasteiger partial charge in [-0.25, -0.2) is 0 Å². The molecule has 0 unspecified atom stereocenters. The summed E-state index contributed by atoms with van der Waals surface area (Å²) in [6, 6.07) is 80.1. The van der Waals surface area contributed by atoms with Gasteiger partial charge in [-0.3, -0.25) is 0 Å². The summed E-state index contributed by atoms with van der Waals surface area (Å²) in [6.07, 6.45) is 0. The van der Waals surface area contributed by atoms with Gasteiger partial charge >= 0.3 is 0 Å². The van der Waals surface area contributed by atoms with Gasteiger partial charge in [0.1, 0.15) is 0 Å². The van der Waals surface area contributed by atoms with Gasteiger partial charge in [0.15, 0.2) is 0 Å². The highest BCUT2D eigenvalue weighted by molar-refractivity contribution is 7.25. The van der Waals surface area contributed by atoms with Crippen LogP contribution in [0.2, 0.25) is 0 Å². The van der Waals surface area contributed by atoms with E-state index in [2.05, 4.69) is 228 Å². The van der Waals surface area contributed by atoms with Crippen molar-refractivity contribution in [3.8, 4) is 27.9 Å². The van der Waals surface area contributed by atoms with Crippen molar-refractivity contribution >= 4 is 91.9 Å². The summed E-state index contributed by atoms with van der Waals surface area (Å²) in [4.78, 5) is 2.44. The molecule has 2 nitrogen and oxygen atoms in total. The Bertz CT molecular complexity index is 3520. The summed E-state index contributed by atoms with van der Waals surface area (Å²) in [6.45, 7) is 0. The highest BCUT2D eigenvalue weighted by Crippen LogP contribution is 2.46. The minimum atomic E-state index is 1.11. The molecule has 0 saturated carbocycles. The van der Waals surface area contributed by atoms with E-state index in [1.165, 1.54) is 91.5 Å². The predicted molar refractivity (Wildman–Crippen MR) is 254 cm³/mol. The summed E-state index contributed by atoms with van der Waals surface area (Å²) < 4.78 is 5.02. The molecule has 0 fully saturated rings. The minimum absolute atomic E-state index is 1.11. The molecular formula is C56H36N2S. The van der Waals surface area contributed by atoms with Crippen LogP contribution < -0.4 is 4.90 Å². The molecule has 0 saturated heterocycles. The second-order valence-electron chi connectivity index (χ2n) is 15.3. The first-order valence-corrected chi connectivity index (χ1v) is 21.0. The van der Waals surface area contributed by atoms with Gasteiger partial charge in [-0.05, 0) is 93.5 Å². The number of anilines is 3. The van der Waals surface area contributed by atoms with Crippen molar-refractivity contribution in [2.45, 2.75) is 0 Å². The number of fused-ring (bicyclic) bond motifs is 8. The minimum Gasteiger partial charge on any atom is -0.310 e. The largest absolute Gasteiger partial charge is 0.310 e. The molecule has 0 amide bonds. The summed E-state index contributed by atoms with van der Waals surface area (Å²) in [5.74, 6) is 0. The van der Waals surface area contributed by atoms with Gasteiger partial charge in [0.2, 0.25) is 0 Å². The van der Waals surface area contributed by atoms with Gasteiger partial charge in [0.25, 0.3) is 0 Å². The van der Waals surface area contributed by atoms with Crippen LogP contribution in [0.3, 0.4) is 0 Å². The normalized spacial score (nSPS) is 11.7. The molecule has 3 heteroatoms. The van der Waals surface area contributed by atoms with E-state index < -0.39 is 0 Å². The van der Waals surface area contributed by atoms with Crippen LogP contribution in [-0.2, 0) is 0 Å². The third-order valence-corrected chi connectivity index (χ3v) is 13.1.